The molecule has 0 aromatic rings. The highest BCUT2D eigenvalue weighted by atomic mass is 19.4. The molecule has 2 nitrogen and oxygen atoms in total. The van der Waals surface area contributed by atoms with Crippen molar-refractivity contribution in [2.45, 2.75) is 52.8 Å². The standard InChI is InChI=1S/C13H27F3N2/c1-5-18(10-13(14,15)16)12(4)7-6-8-17-9-11(2)3/h11-12,17H,5-10H2,1-4H3. The Morgan fingerprint density at radius 3 is 2.22 bits per heavy atom. The third-order valence-corrected chi connectivity index (χ3v) is 2.94. The summed E-state index contributed by atoms with van der Waals surface area (Å²) in [6.45, 7) is 9.41. The summed E-state index contributed by atoms with van der Waals surface area (Å²) >= 11 is 0. The van der Waals surface area contributed by atoms with E-state index in [0.717, 1.165) is 25.9 Å². The smallest absolute Gasteiger partial charge is 0.316 e. The van der Waals surface area contributed by atoms with Crippen molar-refractivity contribution in [3.63, 3.8) is 0 Å². The molecule has 0 aromatic heterocycles. The van der Waals surface area contributed by atoms with Crippen LogP contribution in [-0.4, -0.2) is 43.3 Å². The van der Waals surface area contributed by atoms with Gasteiger partial charge in [0.05, 0.1) is 6.54 Å². The Hall–Kier alpha value is -0.290. The molecule has 0 amide bonds. The third-order valence-electron chi connectivity index (χ3n) is 2.94. The van der Waals surface area contributed by atoms with Crippen LogP contribution in [0.4, 0.5) is 13.2 Å². The summed E-state index contributed by atoms with van der Waals surface area (Å²) < 4.78 is 37.0. The second-order valence-electron chi connectivity index (χ2n) is 5.27. The van der Waals surface area contributed by atoms with E-state index in [1.54, 1.807) is 6.92 Å². The van der Waals surface area contributed by atoms with Crippen molar-refractivity contribution < 1.29 is 13.2 Å². The minimum absolute atomic E-state index is 0.0162. The fourth-order valence-corrected chi connectivity index (χ4v) is 1.91. The molecule has 0 spiro atoms. The number of rotatable bonds is 9. The van der Waals surface area contributed by atoms with Gasteiger partial charge in [0.15, 0.2) is 0 Å². The third kappa shape index (κ3) is 9.71. The zero-order valence-electron chi connectivity index (χ0n) is 12.0. The lowest BCUT2D eigenvalue weighted by Gasteiger charge is -2.28. The number of nitrogens with zero attached hydrogens (tertiary/aromatic N) is 1. The van der Waals surface area contributed by atoms with Gasteiger partial charge < -0.3 is 5.32 Å². The van der Waals surface area contributed by atoms with Crippen LogP contribution in [0.25, 0.3) is 0 Å². The first-order valence-electron chi connectivity index (χ1n) is 6.77. The summed E-state index contributed by atoms with van der Waals surface area (Å²) in [6, 6.07) is -0.0162. The summed E-state index contributed by atoms with van der Waals surface area (Å²) in [5.41, 5.74) is 0. The summed E-state index contributed by atoms with van der Waals surface area (Å²) in [5.74, 6) is 0.611. The lowest BCUT2D eigenvalue weighted by atomic mass is 10.1. The maximum absolute atomic E-state index is 12.3. The molecule has 5 heteroatoms. The first-order valence-corrected chi connectivity index (χ1v) is 6.77. The molecular weight excluding hydrogens is 241 g/mol. The molecule has 110 valence electrons. The van der Waals surface area contributed by atoms with Crippen molar-refractivity contribution in [3.05, 3.63) is 0 Å². The molecule has 0 aliphatic heterocycles. The van der Waals surface area contributed by atoms with E-state index in [2.05, 4.69) is 19.2 Å². The summed E-state index contributed by atoms with van der Waals surface area (Å²) in [5, 5.41) is 3.30. The van der Waals surface area contributed by atoms with Crippen LogP contribution in [0, 0.1) is 5.92 Å². The largest absolute Gasteiger partial charge is 0.401 e. The van der Waals surface area contributed by atoms with Gasteiger partial charge in [-0.2, -0.15) is 13.2 Å². The maximum atomic E-state index is 12.3. The first-order chi connectivity index (χ1) is 8.26. The van der Waals surface area contributed by atoms with Gasteiger partial charge in [-0.25, -0.2) is 0 Å². The highest BCUT2D eigenvalue weighted by Gasteiger charge is 2.31. The van der Waals surface area contributed by atoms with E-state index in [1.807, 2.05) is 6.92 Å². The van der Waals surface area contributed by atoms with Crippen LogP contribution in [0.1, 0.15) is 40.5 Å². The van der Waals surface area contributed by atoms with Gasteiger partial charge in [0.2, 0.25) is 0 Å². The second-order valence-corrected chi connectivity index (χ2v) is 5.27. The first kappa shape index (κ1) is 17.7. The van der Waals surface area contributed by atoms with Crippen molar-refractivity contribution in [2.24, 2.45) is 5.92 Å². The highest BCUT2D eigenvalue weighted by molar-refractivity contribution is 4.70. The predicted octanol–water partition coefficient (Wildman–Crippen LogP) is 3.28. The van der Waals surface area contributed by atoms with E-state index < -0.39 is 12.7 Å². The Morgan fingerprint density at radius 1 is 1.17 bits per heavy atom. The highest BCUT2D eigenvalue weighted by Crippen LogP contribution is 2.19. The van der Waals surface area contributed by atoms with Crippen LogP contribution in [0.3, 0.4) is 0 Å². The molecule has 1 N–H and O–H groups in total. The van der Waals surface area contributed by atoms with Crippen LogP contribution in [0.2, 0.25) is 0 Å². The van der Waals surface area contributed by atoms with Crippen molar-refractivity contribution in [1.29, 1.82) is 0 Å². The second kappa shape index (κ2) is 8.75. The predicted molar refractivity (Wildman–Crippen MR) is 69.7 cm³/mol. The van der Waals surface area contributed by atoms with Crippen LogP contribution < -0.4 is 5.32 Å². The van der Waals surface area contributed by atoms with Gasteiger partial charge in [-0.05, 0) is 45.3 Å². The molecule has 18 heavy (non-hydrogen) atoms. The molecular formula is C13H27F3N2. The molecule has 1 unspecified atom stereocenters. The summed E-state index contributed by atoms with van der Waals surface area (Å²) in [4.78, 5) is 1.49. The van der Waals surface area contributed by atoms with Crippen LogP contribution in [0.15, 0.2) is 0 Å². The topological polar surface area (TPSA) is 15.3 Å². The zero-order chi connectivity index (χ0) is 14.2. The molecule has 0 saturated heterocycles. The van der Waals surface area contributed by atoms with Gasteiger partial charge in [0, 0.05) is 6.04 Å². The number of hydrogen-bond donors (Lipinski definition) is 1. The van der Waals surface area contributed by atoms with Gasteiger partial charge in [0.25, 0.3) is 0 Å². The van der Waals surface area contributed by atoms with Crippen molar-refractivity contribution in [2.75, 3.05) is 26.2 Å². The SMILES string of the molecule is CCN(CC(F)(F)F)C(C)CCCNCC(C)C. The van der Waals surface area contributed by atoms with E-state index in [9.17, 15) is 13.2 Å². The fraction of sp³-hybridized carbons (Fsp3) is 1.00. The van der Waals surface area contributed by atoms with Gasteiger partial charge in [-0.15, -0.1) is 0 Å². The Morgan fingerprint density at radius 2 is 1.78 bits per heavy atom. The van der Waals surface area contributed by atoms with Gasteiger partial charge in [0.1, 0.15) is 0 Å². The average Bonchev–Trinajstić information content (AvgIpc) is 2.23. The van der Waals surface area contributed by atoms with E-state index in [1.165, 1.54) is 4.90 Å². The minimum Gasteiger partial charge on any atom is -0.316 e. The molecule has 0 fully saturated rings. The van der Waals surface area contributed by atoms with Crippen LogP contribution in [-0.2, 0) is 0 Å². The number of hydrogen-bond acceptors (Lipinski definition) is 2. The average molecular weight is 268 g/mol. The van der Waals surface area contributed by atoms with Crippen molar-refractivity contribution in [1.82, 2.24) is 10.2 Å². The quantitative estimate of drug-likeness (QED) is 0.646. The maximum Gasteiger partial charge on any atom is 0.401 e. The van der Waals surface area contributed by atoms with Crippen LogP contribution >= 0.6 is 0 Å². The molecule has 1 atom stereocenters. The normalized spacial score (nSPS) is 14.5. The Bertz CT molecular complexity index is 205. The van der Waals surface area contributed by atoms with E-state index in [-0.39, 0.29) is 6.04 Å². The van der Waals surface area contributed by atoms with Gasteiger partial charge in [-0.3, -0.25) is 4.90 Å². The Labute approximate surface area is 109 Å². The fourth-order valence-electron chi connectivity index (χ4n) is 1.91. The number of alkyl halides is 3. The summed E-state index contributed by atoms with van der Waals surface area (Å²) in [6.07, 6.45) is -2.38. The van der Waals surface area contributed by atoms with Crippen molar-refractivity contribution in [3.8, 4) is 0 Å². The molecule has 0 rings (SSSR count). The number of halogens is 3. The number of nitrogens with one attached hydrogen (secondary N) is 1. The van der Waals surface area contributed by atoms with Gasteiger partial charge in [-0.1, -0.05) is 20.8 Å². The summed E-state index contributed by atoms with van der Waals surface area (Å²) in [7, 11) is 0. The molecule has 0 aromatic carbocycles. The Kier molecular flexibility index (Phi) is 8.61. The molecule has 0 heterocycles. The molecule has 0 saturated carbocycles. The zero-order valence-corrected chi connectivity index (χ0v) is 12.0. The molecule has 0 radical (unpaired) electrons. The van der Waals surface area contributed by atoms with E-state index in [0.29, 0.717) is 12.5 Å². The van der Waals surface area contributed by atoms with Crippen molar-refractivity contribution >= 4 is 0 Å². The lowest BCUT2D eigenvalue weighted by Crippen LogP contribution is -2.40. The molecule has 0 aliphatic carbocycles. The van der Waals surface area contributed by atoms with E-state index >= 15 is 0 Å². The monoisotopic (exact) mass is 268 g/mol. The molecule has 0 bridgehead atoms. The molecule has 0 aliphatic rings. The van der Waals surface area contributed by atoms with Gasteiger partial charge >= 0.3 is 6.18 Å². The minimum atomic E-state index is -4.10. The lowest BCUT2D eigenvalue weighted by molar-refractivity contribution is -0.150. The Balaban J connectivity index is 3.80. The van der Waals surface area contributed by atoms with E-state index in [4.69, 9.17) is 0 Å². The van der Waals surface area contributed by atoms with Crippen LogP contribution in [0.5, 0.6) is 0 Å².